The van der Waals surface area contributed by atoms with Crippen molar-refractivity contribution < 1.29 is 0 Å². The smallest absolute Gasteiger partial charge is 0.0748 e. The molecular formula is C13H19ClSi. The molecule has 0 aromatic heterocycles. The van der Waals surface area contributed by atoms with Crippen LogP contribution in [0.15, 0.2) is 43.0 Å². The lowest BCUT2D eigenvalue weighted by Crippen LogP contribution is -2.44. The largest absolute Gasteiger partial charge is 0.118 e. The highest BCUT2D eigenvalue weighted by atomic mass is 35.5. The fraction of sp³-hybridized carbons (Fsp3) is 0.385. The molecule has 0 saturated carbocycles. The molecule has 0 aliphatic heterocycles. The molecule has 1 unspecified atom stereocenters. The maximum absolute atomic E-state index is 6.83. The molecule has 82 valence electrons. The van der Waals surface area contributed by atoms with Crippen LogP contribution in [0.25, 0.3) is 0 Å². The molecule has 1 aromatic carbocycles. The molecule has 1 rings (SSSR count). The molecule has 0 nitrogen and oxygen atoms in total. The van der Waals surface area contributed by atoms with Crippen LogP contribution in [-0.2, 0) is 4.50 Å². The molecule has 0 saturated heterocycles. The number of hydrogen-bond donors (Lipinski definition) is 0. The second-order valence-corrected chi connectivity index (χ2v) is 11.2. The first-order chi connectivity index (χ1) is 6.92. The molecule has 1 atom stereocenters. The Balaban J connectivity index is 3.18. The Hall–Kier alpha value is -0.533. The average molecular weight is 239 g/mol. The molecule has 2 heteroatoms. The third-order valence-corrected chi connectivity index (χ3v) is 7.79. The summed E-state index contributed by atoms with van der Waals surface area (Å²) in [6.07, 6.45) is 2.77. The van der Waals surface area contributed by atoms with Crippen molar-refractivity contribution in [2.24, 2.45) is 0 Å². The van der Waals surface area contributed by atoms with Gasteiger partial charge in [0.05, 0.1) is 12.6 Å². The fourth-order valence-corrected chi connectivity index (χ4v) is 3.78. The first kappa shape index (κ1) is 12.5. The van der Waals surface area contributed by atoms with Crippen LogP contribution in [0.3, 0.4) is 0 Å². The van der Waals surface area contributed by atoms with Crippen molar-refractivity contribution in [3.05, 3.63) is 48.6 Å². The monoisotopic (exact) mass is 238 g/mol. The van der Waals surface area contributed by atoms with Crippen LogP contribution >= 0.6 is 11.6 Å². The minimum absolute atomic E-state index is 0.226. The third kappa shape index (κ3) is 2.53. The van der Waals surface area contributed by atoms with E-state index in [2.05, 4.69) is 50.5 Å². The topological polar surface area (TPSA) is 0 Å². The van der Waals surface area contributed by atoms with Gasteiger partial charge in [0.25, 0.3) is 0 Å². The van der Waals surface area contributed by atoms with E-state index in [9.17, 15) is 0 Å². The van der Waals surface area contributed by atoms with Gasteiger partial charge in [0.1, 0.15) is 0 Å². The Morgan fingerprint density at radius 1 is 1.27 bits per heavy atom. The highest BCUT2D eigenvalue weighted by molar-refractivity contribution is 6.85. The fourth-order valence-electron chi connectivity index (χ4n) is 1.76. The van der Waals surface area contributed by atoms with E-state index >= 15 is 0 Å². The van der Waals surface area contributed by atoms with E-state index in [1.54, 1.807) is 0 Å². The van der Waals surface area contributed by atoms with E-state index in [4.69, 9.17) is 11.6 Å². The zero-order chi connectivity index (χ0) is 11.5. The van der Waals surface area contributed by atoms with Crippen LogP contribution in [0.1, 0.15) is 12.0 Å². The Morgan fingerprint density at radius 2 is 1.80 bits per heavy atom. The second kappa shape index (κ2) is 4.54. The number of benzene rings is 1. The van der Waals surface area contributed by atoms with Crippen molar-refractivity contribution in [3.8, 4) is 0 Å². The van der Waals surface area contributed by atoms with E-state index < -0.39 is 8.07 Å². The highest BCUT2D eigenvalue weighted by Gasteiger charge is 2.41. The first-order valence-electron chi connectivity index (χ1n) is 5.27. The van der Waals surface area contributed by atoms with Crippen molar-refractivity contribution >= 4 is 19.7 Å². The molecule has 0 heterocycles. The molecule has 0 aliphatic rings. The minimum Gasteiger partial charge on any atom is -0.118 e. The molecule has 15 heavy (non-hydrogen) atoms. The number of halogens is 1. The summed E-state index contributed by atoms with van der Waals surface area (Å²) in [4.78, 5) is 0. The van der Waals surface area contributed by atoms with Gasteiger partial charge in [-0.05, 0) is 12.0 Å². The van der Waals surface area contributed by atoms with E-state index in [1.165, 1.54) is 5.56 Å². The van der Waals surface area contributed by atoms with Crippen molar-refractivity contribution in [1.82, 2.24) is 0 Å². The molecule has 0 amide bonds. The lowest BCUT2D eigenvalue weighted by atomic mass is 10.1. The lowest BCUT2D eigenvalue weighted by molar-refractivity contribution is 0.820. The van der Waals surface area contributed by atoms with Crippen LogP contribution in [0, 0.1) is 0 Å². The molecular weight excluding hydrogens is 220 g/mol. The van der Waals surface area contributed by atoms with Crippen molar-refractivity contribution in [3.63, 3.8) is 0 Å². The van der Waals surface area contributed by atoms with Crippen LogP contribution < -0.4 is 0 Å². The van der Waals surface area contributed by atoms with Crippen LogP contribution in [-0.4, -0.2) is 8.07 Å². The average Bonchev–Trinajstić information content (AvgIpc) is 2.18. The van der Waals surface area contributed by atoms with E-state index in [0.717, 1.165) is 6.42 Å². The molecule has 0 N–H and O–H groups in total. The quantitative estimate of drug-likeness (QED) is 0.409. The summed E-state index contributed by atoms with van der Waals surface area (Å²) < 4.78 is -0.226. The minimum atomic E-state index is -1.48. The zero-order valence-corrected chi connectivity index (χ0v) is 11.5. The number of alkyl halides is 1. The summed E-state index contributed by atoms with van der Waals surface area (Å²) in [5, 5.41) is 0. The summed E-state index contributed by atoms with van der Waals surface area (Å²) in [6, 6.07) is 10.4. The molecule has 0 fully saturated rings. The van der Waals surface area contributed by atoms with Gasteiger partial charge in [0.2, 0.25) is 0 Å². The first-order valence-corrected chi connectivity index (χ1v) is 9.15. The molecule has 0 bridgehead atoms. The maximum atomic E-state index is 6.83. The number of hydrogen-bond acceptors (Lipinski definition) is 0. The summed E-state index contributed by atoms with van der Waals surface area (Å²) in [5.41, 5.74) is 1.23. The van der Waals surface area contributed by atoms with E-state index in [0.29, 0.717) is 0 Å². The number of rotatable bonds is 4. The second-order valence-electron chi connectivity index (χ2n) is 4.91. The summed E-state index contributed by atoms with van der Waals surface area (Å²) in [6.45, 7) is 10.7. The van der Waals surface area contributed by atoms with Gasteiger partial charge in [-0.25, -0.2) is 0 Å². The Bertz CT molecular complexity index is 326. The zero-order valence-electron chi connectivity index (χ0n) is 9.76. The Morgan fingerprint density at radius 3 is 2.20 bits per heavy atom. The third-order valence-electron chi connectivity index (χ3n) is 2.85. The standard InChI is InChI=1S/C13H19ClSi/c1-5-11-13(14,15(2,3)4)12-9-7-6-8-10-12/h5-10H,1,11H2,2-4H3. The van der Waals surface area contributed by atoms with Gasteiger partial charge in [-0.2, -0.15) is 0 Å². The molecule has 0 aliphatic carbocycles. The maximum Gasteiger partial charge on any atom is 0.0748 e. The van der Waals surface area contributed by atoms with Crippen molar-refractivity contribution in [2.45, 2.75) is 30.6 Å². The summed E-state index contributed by atoms with van der Waals surface area (Å²) in [7, 11) is -1.48. The van der Waals surface area contributed by atoms with Gasteiger partial charge in [-0.15, -0.1) is 18.2 Å². The van der Waals surface area contributed by atoms with E-state index in [1.807, 2.05) is 12.1 Å². The predicted molar refractivity (Wildman–Crippen MR) is 72.1 cm³/mol. The van der Waals surface area contributed by atoms with Crippen LogP contribution in [0.2, 0.25) is 19.6 Å². The van der Waals surface area contributed by atoms with Crippen molar-refractivity contribution in [2.75, 3.05) is 0 Å². The lowest BCUT2D eigenvalue weighted by Gasteiger charge is -2.38. The van der Waals surface area contributed by atoms with E-state index in [-0.39, 0.29) is 4.50 Å². The Kier molecular flexibility index (Phi) is 3.80. The summed E-state index contributed by atoms with van der Waals surface area (Å²) >= 11 is 6.83. The van der Waals surface area contributed by atoms with Gasteiger partial charge in [-0.3, -0.25) is 0 Å². The predicted octanol–water partition coefficient (Wildman–Crippen LogP) is 4.57. The summed E-state index contributed by atoms with van der Waals surface area (Å²) in [5.74, 6) is 0. The van der Waals surface area contributed by atoms with Crippen molar-refractivity contribution in [1.29, 1.82) is 0 Å². The highest BCUT2D eigenvalue weighted by Crippen LogP contribution is 2.41. The SMILES string of the molecule is C=CCC(Cl)(c1ccccc1)[Si](C)(C)C. The number of allylic oxidation sites excluding steroid dienone is 1. The Labute approximate surface area is 99.0 Å². The molecule has 0 radical (unpaired) electrons. The molecule has 1 aromatic rings. The van der Waals surface area contributed by atoms with Gasteiger partial charge in [0, 0.05) is 0 Å². The van der Waals surface area contributed by atoms with Gasteiger partial charge >= 0.3 is 0 Å². The normalized spacial score (nSPS) is 15.7. The van der Waals surface area contributed by atoms with Gasteiger partial charge in [-0.1, -0.05) is 56.0 Å². The van der Waals surface area contributed by atoms with Crippen LogP contribution in [0.4, 0.5) is 0 Å². The van der Waals surface area contributed by atoms with Gasteiger partial charge < -0.3 is 0 Å². The molecule has 0 spiro atoms. The van der Waals surface area contributed by atoms with Gasteiger partial charge in [0.15, 0.2) is 0 Å². The van der Waals surface area contributed by atoms with Crippen LogP contribution in [0.5, 0.6) is 0 Å².